The Bertz CT molecular complexity index is 1010. The third kappa shape index (κ3) is 4.75. The average Bonchev–Trinajstić information content (AvgIpc) is 3.08. The molecule has 4 N–H and O–H groups in total. The fraction of sp³-hybridized carbons (Fsp3) is 0.364. The van der Waals surface area contributed by atoms with Gasteiger partial charge < -0.3 is 15.7 Å². The normalized spacial score (nSPS) is 19.2. The van der Waals surface area contributed by atoms with Gasteiger partial charge in [0.1, 0.15) is 0 Å². The van der Waals surface area contributed by atoms with Crippen molar-refractivity contribution < 1.29 is 5.11 Å². The largest absolute Gasteiger partial charge is 0.392 e. The van der Waals surface area contributed by atoms with Gasteiger partial charge in [-0.3, -0.25) is 4.98 Å². The van der Waals surface area contributed by atoms with E-state index in [4.69, 9.17) is 0 Å². The van der Waals surface area contributed by atoms with Crippen LogP contribution in [-0.2, 0) is 6.54 Å². The number of benzene rings is 2. The van der Waals surface area contributed by atoms with Crippen molar-refractivity contribution in [3.05, 3.63) is 70.1 Å². The zero-order valence-electron chi connectivity index (χ0n) is 16.6. The highest BCUT2D eigenvalue weighted by molar-refractivity contribution is 5.53. The van der Waals surface area contributed by atoms with E-state index >= 15 is 0 Å². The maximum atomic E-state index is 12.2. The lowest BCUT2D eigenvalue weighted by atomic mass is 9.92. The molecule has 0 spiro atoms. The molecule has 29 heavy (non-hydrogen) atoms. The molecule has 2 aromatic carbocycles. The van der Waals surface area contributed by atoms with Gasteiger partial charge >= 0.3 is 5.69 Å². The maximum absolute atomic E-state index is 12.2. The fourth-order valence-corrected chi connectivity index (χ4v) is 3.76. The minimum absolute atomic E-state index is 0.178. The molecule has 2 atom stereocenters. The molecular weight excluding hydrogens is 366 g/mol. The third-order valence-corrected chi connectivity index (χ3v) is 5.38. The first-order chi connectivity index (χ1) is 14.1. The number of aromatic amines is 1. The lowest BCUT2D eigenvalue weighted by Crippen LogP contribution is -2.41. The monoisotopic (exact) mass is 393 g/mol. The summed E-state index contributed by atoms with van der Waals surface area (Å²) < 4.78 is 1.35. The first-order valence-corrected chi connectivity index (χ1v) is 10.1. The van der Waals surface area contributed by atoms with Gasteiger partial charge in [0.2, 0.25) is 5.95 Å². The third-order valence-electron chi connectivity index (χ3n) is 5.38. The Hall–Kier alpha value is -2.90. The summed E-state index contributed by atoms with van der Waals surface area (Å²) in [6.07, 6.45) is 3.95. The molecule has 1 aliphatic rings. The van der Waals surface area contributed by atoms with E-state index < -0.39 is 0 Å². The SMILES string of the molecule is Cc1cccc(-n2nc(Nc3ccc(CN[C@@H]4CCCC[C@H]4O)cc3)[nH]c2=O)c1. The van der Waals surface area contributed by atoms with Crippen LogP contribution in [0.2, 0.25) is 0 Å². The van der Waals surface area contributed by atoms with Gasteiger partial charge in [-0.2, -0.15) is 4.68 Å². The molecule has 7 nitrogen and oxygen atoms in total. The molecular formula is C22H27N5O2. The molecule has 0 radical (unpaired) electrons. The predicted molar refractivity (Wildman–Crippen MR) is 114 cm³/mol. The highest BCUT2D eigenvalue weighted by Crippen LogP contribution is 2.19. The van der Waals surface area contributed by atoms with E-state index in [9.17, 15) is 9.90 Å². The number of hydrogen-bond donors (Lipinski definition) is 4. The van der Waals surface area contributed by atoms with E-state index in [1.165, 1.54) is 11.1 Å². The summed E-state index contributed by atoms with van der Waals surface area (Å²) in [6.45, 7) is 2.70. The molecule has 152 valence electrons. The summed E-state index contributed by atoms with van der Waals surface area (Å²) in [5.41, 5.74) is 3.50. The van der Waals surface area contributed by atoms with E-state index in [2.05, 4.69) is 20.7 Å². The van der Waals surface area contributed by atoms with Gasteiger partial charge in [-0.15, -0.1) is 5.10 Å². The first kappa shape index (κ1) is 19.4. The zero-order chi connectivity index (χ0) is 20.2. The lowest BCUT2D eigenvalue weighted by molar-refractivity contribution is 0.0902. The highest BCUT2D eigenvalue weighted by Gasteiger charge is 2.22. The molecule has 3 aromatic rings. The van der Waals surface area contributed by atoms with Gasteiger partial charge in [-0.05, 0) is 55.2 Å². The van der Waals surface area contributed by atoms with Crippen molar-refractivity contribution in [3.63, 3.8) is 0 Å². The van der Waals surface area contributed by atoms with Gasteiger partial charge in [0.25, 0.3) is 0 Å². The average molecular weight is 393 g/mol. The Labute approximate surface area is 169 Å². The van der Waals surface area contributed by atoms with E-state index in [1.54, 1.807) is 0 Å². The summed E-state index contributed by atoms with van der Waals surface area (Å²) in [7, 11) is 0. The number of H-pyrrole nitrogens is 1. The number of anilines is 2. The molecule has 7 heteroatoms. The van der Waals surface area contributed by atoms with Crippen molar-refractivity contribution in [2.75, 3.05) is 5.32 Å². The summed E-state index contributed by atoms with van der Waals surface area (Å²) >= 11 is 0. The Morgan fingerprint density at radius 1 is 1.17 bits per heavy atom. The molecule has 0 saturated heterocycles. The Morgan fingerprint density at radius 3 is 2.72 bits per heavy atom. The first-order valence-electron chi connectivity index (χ1n) is 10.1. The summed E-state index contributed by atoms with van der Waals surface area (Å²) in [5, 5.41) is 21.0. The summed E-state index contributed by atoms with van der Waals surface area (Å²) in [6, 6.07) is 15.8. The van der Waals surface area contributed by atoms with Crippen molar-refractivity contribution in [1.29, 1.82) is 0 Å². The van der Waals surface area contributed by atoms with Gasteiger partial charge in [0.15, 0.2) is 0 Å². The molecule has 1 saturated carbocycles. The number of aliphatic hydroxyl groups is 1. The van der Waals surface area contributed by atoms with E-state index in [0.717, 1.165) is 48.3 Å². The number of aromatic nitrogens is 3. The van der Waals surface area contributed by atoms with Crippen LogP contribution < -0.4 is 16.3 Å². The Morgan fingerprint density at radius 2 is 1.97 bits per heavy atom. The molecule has 0 aliphatic heterocycles. The van der Waals surface area contributed by atoms with Crippen LogP contribution in [0.1, 0.15) is 36.8 Å². The van der Waals surface area contributed by atoms with Gasteiger partial charge in [0, 0.05) is 18.3 Å². The quantitative estimate of drug-likeness (QED) is 0.516. The van der Waals surface area contributed by atoms with Crippen LogP contribution in [0.5, 0.6) is 0 Å². The van der Waals surface area contributed by atoms with Crippen LogP contribution in [0.3, 0.4) is 0 Å². The van der Waals surface area contributed by atoms with E-state index in [1.807, 2.05) is 55.5 Å². The Kier molecular flexibility index (Phi) is 5.78. The van der Waals surface area contributed by atoms with Crippen molar-refractivity contribution in [2.45, 2.75) is 51.3 Å². The lowest BCUT2D eigenvalue weighted by Gasteiger charge is -2.28. The second kappa shape index (κ2) is 8.63. The second-order valence-corrected chi connectivity index (χ2v) is 7.69. The molecule has 1 aliphatic carbocycles. The molecule has 4 rings (SSSR count). The van der Waals surface area contributed by atoms with Crippen LogP contribution in [0, 0.1) is 6.92 Å². The molecule has 0 bridgehead atoms. The molecule has 0 amide bonds. The number of aliphatic hydroxyl groups excluding tert-OH is 1. The molecule has 1 fully saturated rings. The van der Waals surface area contributed by atoms with Crippen LogP contribution in [-0.4, -0.2) is 32.0 Å². The summed E-state index contributed by atoms with van der Waals surface area (Å²) in [4.78, 5) is 15.0. The minimum Gasteiger partial charge on any atom is -0.392 e. The fourth-order valence-electron chi connectivity index (χ4n) is 3.76. The Balaban J connectivity index is 1.39. The number of aryl methyl sites for hydroxylation is 1. The van der Waals surface area contributed by atoms with Gasteiger partial charge in [-0.1, -0.05) is 37.1 Å². The van der Waals surface area contributed by atoms with Crippen LogP contribution >= 0.6 is 0 Å². The summed E-state index contributed by atoms with van der Waals surface area (Å²) in [5.74, 6) is 0.396. The van der Waals surface area contributed by atoms with Crippen molar-refractivity contribution in [3.8, 4) is 5.69 Å². The smallest absolute Gasteiger partial charge is 0.349 e. The van der Waals surface area contributed by atoms with Crippen molar-refractivity contribution in [1.82, 2.24) is 20.1 Å². The number of nitrogens with one attached hydrogen (secondary N) is 3. The highest BCUT2D eigenvalue weighted by atomic mass is 16.3. The van der Waals surface area contributed by atoms with Gasteiger partial charge in [0.05, 0.1) is 11.8 Å². The van der Waals surface area contributed by atoms with Crippen LogP contribution in [0.25, 0.3) is 5.69 Å². The zero-order valence-corrected chi connectivity index (χ0v) is 16.6. The molecule has 1 heterocycles. The van der Waals surface area contributed by atoms with E-state index in [-0.39, 0.29) is 17.8 Å². The second-order valence-electron chi connectivity index (χ2n) is 7.69. The minimum atomic E-state index is -0.287. The number of rotatable bonds is 6. The van der Waals surface area contributed by atoms with Crippen molar-refractivity contribution >= 4 is 11.6 Å². The molecule has 0 unspecified atom stereocenters. The van der Waals surface area contributed by atoms with Crippen molar-refractivity contribution in [2.24, 2.45) is 0 Å². The van der Waals surface area contributed by atoms with Gasteiger partial charge in [-0.25, -0.2) is 4.79 Å². The maximum Gasteiger partial charge on any atom is 0.349 e. The molecule has 1 aromatic heterocycles. The van der Waals surface area contributed by atoms with Crippen LogP contribution in [0.4, 0.5) is 11.6 Å². The predicted octanol–water partition coefficient (Wildman–Crippen LogP) is 3.01. The topological polar surface area (TPSA) is 95.0 Å². The van der Waals surface area contributed by atoms with Crippen LogP contribution in [0.15, 0.2) is 53.3 Å². The number of hydrogen-bond acceptors (Lipinski definition) is 5. The number of nitrogens with zero attached hydrogens (tertiary/aromatic N) is 2. The standard InChI is InChI=1S/C22H27N5O2/c1-15-5-4-6-18(13-15)27-22(29)25-21(26-27)24-17-11-9-16(10-12-17)14-23-19-7-2-3-8-20(19)28/h4-6,9-13,19-20,23,28H,2-3,7-8,14H2,1H3,(H2,24,25,26,29)/t19-,20-/m1/s1. The van der Waals surface area contributed by atoms with E-state index in [0.29, 0.717) is 5.95 Å².